The van der Waals surface area contributed by atoms with Crippen LogP contribution in [0.4, 0.5) is 13.2 Å². The van der Waals surface area contributed by atoms with Crippen molar-refractivity contribution in [2.75, 3.05) is 0 Å². The van der Waals surface area contributed by atoms with Crippen molar-refractivity contribution >= 4 is 38.9 Å². The molecule has 0 N–H and O–H groups in total. The molecule has 0 amide bonds. The van der Waals surface area contributed by atoms with Crippen LogP contribution in [0, 0.1) is 0 Å². The van der Waals surface area contributed by atoms with Gasteiger partial charge in [0.1, 0.15) is 15.9 Å². The Hall–Kier alpha value is -1.54. The molecule has 1 aromatic carbocycles. The number of aryl methyl sites for hydroxylation is 1. The van der Waals surface area contributed by atoms with Crippen LogP contribution in [0.1, 0.15) is 23.2 Å². The van der Waals surface area contributed by atoms with Gasteiger partial charge in [0.2, 0.25) is 0 Å². The summed E-state index contributed by atoms with van der Waals surface area (Å²) in [4.78, 5) is 9.23. The van der Waals surface area contributed by atoms with Crippen LogP contribution in [0.3, 0.4) is 0 Å². The molecule has 124 valence electrons. The summed E-state index contributed by atoms with van der Waals surface area (Å²) in [6, 6.07) is 9.37. The Morgan fingerprint density at radius 3 is 2.71 bits per heavy atom. The molecule has 0 aliphatic carbocycles. The maximum absolute atomic E-state index is 13.2. The first kappa shape index (κ1) is 16.0. The molecule has 8 heteroatoms. The lowest BCUT2D eigenvalue weighted by Gasteiger charge is -2.17. The standard InChI is InChI=1S/C16H11BrF3N3S/c17-12-6-5-10-15(22-12)23-13(21-10)7-8-14(23)24-11-4-2-1-3-9(11)16(18,19)20/h1-6,14H,7-8H2. The molecule has 0 radical (unpaired) electrons. The lowest BCUT2D eigenvalue weighted by Crippen LogP contribution is -2.08. The molecular formula is C16H11BrF3N3S. The van der Waals surface area contributed by atoms with Gasteiger partial charge in [0.05, 0.1) is 10.9 Å². The summed E-state index contributed by atoms with van der Waals surface area (Å²) in [6.07, 6.45) is -2.88. The van der Waals surface area contributed by atoms with Gasteiger partial charge in [-0.25, -0.2) is 9.97 Å². The third-order valence-electron chi connectivity index (χ3n) is 3.93. The Bertz CT molecular complexity index is 923. The summed E-state index contributed by atoms with van der Waals surface area (Å²) in [5, 5.41) is -0.143. The third kappa shape index (κ3) is 2.71. The number of imidazole rings is 1. The van der Waals surface area contributed by atoms with Crippen LogP contribution in [0.15, 0.2) is 45.9 Å². The molecule has 2 aromatic heterocycles. The van der Waals surface area contributed by atoms with Gasteiger partial charge in [-0.15, -0.1) is 11.8 Å². The topological polar surface area (TPSA) is 30.7 Å². The predicted octanol–water partition coefficient (Wildman–Crippen LogP) is 5.45. The Morgan fingerprint density at radius 2 is 1.92 bits per heavy atom. The number of pyridine rings is 1. The molecule has 0 saturated heterocycles. The first-order chi connectivity index (χ1) is 11.4. The van der Waals surface area contributed by atoms with Crippen LogP contribution in [-0.2, 0) is 12.6 Å². The van der Waals surface area contributed by atoms with Crippen molar-refractivity contribution in [3.05, 3.63) is 52.4 Å². The molecule has 1 atom stereocenters. The molecule has 1 unspecified atom stereocenters. The fraction of sp³-hybridized carbons (Fsp3) is 0.250. The van der Waals surface area contributed by atoms with E-state index in [9.17, 15) is 13.2 Å². The number of alkyl halides is 3. The highest BCUT2D eigenvalue weighted by Gasteiger charge is 2.35. The highest BCUT2D eigenvalue weighted by atomic mass is 79.9. The highest BCUT2D eigenvalue weighted by molar-refractivity contribution is 9.10. The molecule has 3 heterocycles. The smallest absolute Gasteiger partial charge is 0.300 e. The Kier molecular flexibility index (Phi) is 3.84. The zero-order valence-corrected chi connectivity index (χ0v) is 14.6. The van der Waals surface area contributed by atoms with Crippen molar-refractivity contribution < 1.29 is 13.2 Å². The average Bonchev–Trinajstić information content (AvgIpc) is 3.07. The van der Waals surface area contributed by atoms with Gasteiger partial charge in [0.15, 0.2) is 5.65 Å². The van der Waals surface area contributed by atoms with Crippen molar-refractivity contribution in [2.24, 2.45) is 0 Å². The van der Waals surface area contributed by atoms with E-state index in [1.807, 2.05) is 16.7 Å². The number of benzene rings is 1. The number of aromatic nitrogens is 3. The van der Waals surface area contributed by atoms with Gasteiger partial charge < -0.3 is 0 Å². The summed E-state index contributed by atoms with van der Waals surface area (Å²) < 4.78 is 42.3. The molecule has 1 aliphatic rings. The molecule has 0 spiro atoms. The van der Waals surface area contributed by atoms with E-state index in [-0.39, 0.29) is 10.3 Å². The normalized spacial score (nSPS) is 17.4. The molecule has 3 nitrogen and oxygen atoms in total. The quantitative estimate of drug-likeness (QED) is 0.523. The maximum atomic E-state index is 13.2. The van der Waals surface area contributed by atoms with E-state index in [0.717, 1.165) is 30.2 Å². The number of nitrogens with zero attached hydrogens (tertiary/aromatic N) is 3. The van der Waals surface area contributed by atoms with Crippen molar-refractivity contribution in [3.63, 3.8) is 0 Å². The van der Waals surface area contributed by atoms with E-state index in [4.69, 9.17) is 0 Å². The van der Waals surface area contributed by atoms with Crippen LogP contribution >= 0.6 is 27.7 Å². The number of hydrogen-bond acceptors (Lipinski definition) is 3. The van der Waals surface area contributed by atoms with Crippen molar-refractivity contribution in [3.8, 4) is 0 Å². The van der Waals surface area contributed by atoms with Gasteiger partial charge in [-0.3, -0.25) is 4.57 Å². The molecule has 0 fully saturated rings. The van der Waals surface area contributed by atoms with Crippen molar-refractivity contribution in [1.82, 2.24) is 14.5 Å². The Morgan fingerprint density at radius 1 is 1.12 bits per heavy atom. The summed E-state index contributed by atoms with van der Waals surface area (Å²) in [6.45, 7) is 0. The van der Waals surface area contributed by atoms with E-state index in [1.54, 1.807) is 6.07 Å². The first-order valence-electron chi connectivity index (χ1n) is 7.30. The fourth-order valence-electron chi connectivity index (χ4n) is 2.92. The SMILES string of the molecule is FC(F)(F)c1ccccc1SC1CCc2nc3ccc(Br)nc3n21. The minimum Gasteiger partial charge on any atom is -0.300 e. The summed E-state index contributed by atoms with van der Waals surface area (Å²) in [5.74, 6) is 0.873. The Labute approximate surface area is 148 Å². The second-order valence-electron chi connectivity index (χ2n) is 5.48. The van der Waals surface area contributed by atoms with Crippen LogP contribution in [0.2, 0.25) is 0 Å². The van der Waals surface area contributed by atoms with E-state index < -0.39 is 11.7 Å². The minimum atomic E-state index is -4.36. The molecule has 3 aromatic rings. The van der Waals surface area contributed by atoms with E-state index in [1.165, 1.54) is 23.9 Å². The van der Waals surface area contributed by atoms with E-state index in [0.29, 0.717) is 10.3 Å². The molecule has 24 heavy (non-hydrogen) atoms. The summed E-state index contributed by atoms with van der Waals surface area (Å²) in [5.41, 5.74) is 0.878. The zero-order chi connectivity index (χ0) is 16.9. The fourth-order valence-corrected chi connectivity index (χ4v) is 4.54. The number of thioether (sulfide) groups is 1. The second-order valence-corrected chi connectivity index (χ2v) is 7.51. The third-order valence-corrected chi connectivity index (χ3v) is 5.70. The monoisotopic (exact) mass is 413 g/mol. The van der Waals surface area contributed by atoms with Crippen LogP contribution in [0.25, 0.3) is 11.2 Å². The molecule has 0 saturated carbocycles. The van der Waals surface area contributed by atoms with Crippen molar-refractivity contribution in [1.29, 1.82) is 0 Å². The van der Waals surface area contributed by atoms with Gasteiger partial charge >= 0.3 is 6.18 Å². The molecule has 1 aliphatic heterocycles. The van der Waals surface area contributed by atoms with Crippen LogP contribution in [0.5, 0.6) is 0 Å². The van der Waals surface area contributed by atoms with Gasteiger partial charge in [-0.2, -0.15) is 13.2 Å². The predicted molar refractivity (Wildman–Crippen MR) is 89.9 cm³/mol. The molecule has 0 bridgehead atoms. The van der Waals surface area contributed by atoms with E-state index in [2.05, 4.69) is 25.9 Å². The second kappa shape index (κ2) is 5.77. The average molecular weight is 414 g/mol. The number of rotatable bonds is 2. The van der Waals surface area contributed by atoms with Crippen molar-refractivity contribution in [2.45, 2.75) is 29.3 Å². The largest absolute Gasteiger partial charge is 0.417 e. The van der Waals surface area contributed by atoms with Gasteiger partial charge in [0.25, 0.3) is 0 Å². The van der Waals surface area contributed by atoms with Crippen LogP contribution in [-0.4, -0.2) is 14.5 Å². The molecular weight excluding hydrogens is 403 g/mol. The number of hydrogen-bond donors (Lipinski definition) is 0. The molecule has 4 rings (SSSR count). The van der Waals surface area contributed by atoms with Gasteiger partial charge in [-0.05, 0) is 46.6 Å². The summed E-state index contributed by atoms with van der Waals surface area (Å²) in [7, 11) is 0. The van der Waals surface area contributed by atoms with Crippen LogP contribution < -0.4 is 0 Å². The zero-order valence-electron chi connectivity index (χ0n) is 12.2. The van der Waals surface area contributed by atoms with Gasteiger partial charge in [0, 0.05) is 11.3 Å². The maximum Gasteiger partial charge on any atom is 0.417 e. The minimum absolute atomic E-state index is 0.143. The number of fused-ring (bicyclic) bond motifs is 3. The summed E-state index contributed by atoms with van der Waals surface area (Å²) >= 11 is 4.56. The lowest BCUT2D eigenvalue weighted by atomic mass is 10.2. The Balaban J connectivity index is 1.75. The lowest BCUT2D eigenvalue weighted by molar-refractivity contribution is -0.139. The van der Waals surface area contributed by atoms with Gasteiger partial charge in [-0.1, -0.05) is 12.1 Å². The number of halogens is 4. The van der Waals surface area contributed by atoms with E-state index >= 15 is 0 Å². The first-order valence-corrected chi connectivity index (χ1v) is 8.97. The highest BCUT2D eigenvalue weighted by Crippen LogP contribution is 2.45.